The predicted octanol–water partition coefficient (Wildman–Crippen LogP) is 2.72. The molecule has 3 nitrogen and oxygen atoms in total. The average molecular weight is 216 g/mol. The van der Waals surface area contributed by atoms with Gasteiger partial charge in [-0.25, -0.2) is 0 Å². The zero-order chi connectivity index (χ0) is 11.3. The third kappa shape index (κ3) is 1.28. The molecule has 0 radical (unpaired) electrons. The van der Waals surface area contributed by atoms with Gasteiger partial charge in [-0.2, -0.15) is 0 Å². The Morgan fingerprint density at radius 3 is 2.94 bits per heavy atom. The second-order valence-electron chi connectivity index (χ2n) is 4.84. The van der Waals surface area contributed by atoms with Crippen LogP contribution in [0.1, 0.15) is 24.7 Å². The second kappa shape index (κ2) is 3.17. The van der Waals surface area contributed by atoms with Crippen molar-refractivity contribution in [1.82, 2.24) is 0 Å². The molecule has 1 aliphatic rings. The Hall–Kier alpha value is -1.64. The summed E-state index contributed by atoms with van der Waals surface area (Å²) in [6, 6.07) is 3.69. The van der Waals surface area contributed by atoms with E-state index in [4.69, 9.17) is 15.9 Å². The number of furan rings is 1. The summed E-state index contributed by atoms with van der Waals surface area (Å²) in [5.41, 5.74) is 15.4. The Bertz CT molecular complexity index is 557. The molecule has 0 saturated heterocycles. The molecule has 2 aromatic rings. The second-order valence-corrected chi connectivity index (χ2v) is 4.84. The molecule has 3 rings (SSSR count). The average Bonchev–Trinajstić information content (AvgIpc) is 2.54. The molecule has 0 amide bonds. The van der Waals surface area contributed by atoms with Crippen LogP contribution < -0.4 is 11.5 Å². The van der Waals surface area contributed by atoms with Crippen molar-refractivity contribution >= 4 is 22.3 Å². The van der Waals surface area contributed by atoms with E-state index in [1.54, 1.807) is 0 Å². The quantitative estimate of drug-likeness (QED) is 0.665. The molecular weight excluding hydrogens is 200 g/mol. The zero-order valence-corrected chi connectivity index (χ0v) is 9.42. The van der Waals surface area contributed by atoms with Gasteiger partial charge in [-0.15, -0.1) is 0 Å². The number of nitrogens with two attached hydrogens (primary N) is 2. The Morgan fingerprint density at radius 1 is 1.31 bits per heavy atom. The lowest BCUT2D eigenvalue weighted by atomic mass is 9.88. The van der Waals surface area contributed by atoms with Crippen LogP contribution in [0.5, 0.6) is 0 Å². The fourth-order valence-corrected chi connectivity index (χ4v) is 2.64. The summed E-state index contributed by atoms with van der Waals surface area (Å²) in [4.78, 5) is 0. The topological polar surface area (TPSA) is 65.2 Å². The molecule has 0 saturated carbocycles. The predicted molar refractivity (Wildman–Crippen MR) is 66.2 cm³/mol. The van der Waals surface area contributed by atoms with Gasteiger partial charge in [0.15, 0.2) is 0 Å². The molecule has 0 spiro atoms. The van der Waals surface area contributed by atoms with E-state index in [0.29, 0.717) is 11.6 Å². The summed E-state index contributed by atoms with van der Waals surface area (Å²) in [5, 5.41) is 1.08. The van der Waals surface area contributed by atoms with Gasteiger partial charge < -0.3 is 15.9 Å². The minimum Gasteiger partial charge on any atom is -0.461 e. The number of fused-ring (bicyclic) bond motifs is 3. The fourth-order valence-electron chi connectivity index (χ4n) is 2.64. The molecule has 1 aromatic heterocycles. The van der Waals surface area contributed by atoms with E-state index < -0.39 is 0 Å². The number of benzene rings is 1. The van der Waals surface area contributed by atoms with Crippen LogP contribution in [0.3, 0.4) is 0 Å². The maximum Gasteiger partial charge on any atom is 0.138 e. The number of aryl methyl sites for hydroxylation is 1. The lowest BCUT2D eigenvalue weighted by molar-refractivity contribution is 0.438. The number of hydrogen-bond donors (Lipinski definition) is 2. The standard InChI is InChI=1S/C13H16N2O/c1-7-2-3-11-9(4-7)13-10(15)5-8(14)6-12(13)16-11/h5-7H,2-4,14-15H2,1H3. The molecule has 0 fully saturated rings. The van der Waals surface area contributed by atoms with Crippen molar-refractivity contribution in [3.05, 3.63) is 23.5 Å². The van der Waals surface area contributed by atoms with Gasteiger partial charge in [0.1, 0.15) is 11.3 Å². The molecule has 16 heavy (non-hydrogen) atoms. The van der Waals surface area contributed by atoms with Crippen LogP contribution in [0, 0.1) is 5.92 Å². The van der Waals surface area contributed by atoms with Crippen LogP contribution in [0.15, 0.2) is 16.5 Å². The Kier molecular flexibility index (Phi) is 1.90. The van der Waals surface area contributed by atoms with Gasteiger partial charge in [-0.05, 0) is 24.8 Å². The van der Waals surface area contributed by atoms with E-state index in [0.717, 1.165) is 35.3 Å². The molecule has 0 aliphatic heterocycles. The van der Waals surface area contributed by atoms with Gasteiger partial charge in [0.05, 0.1) is 0 Å². The van der Waals surface area contributed by atoms with Crippen molar-refractivity contribution in [2.45, 2.75) is 26.2 Å². The van der Waals surface area contributed by atoms with Gasteiger partial charge >= 0.3 is 0 Å². The summed E-state index contributed by atoms with van der Waals surface area (Å²) in [7, 11) is 0. The molecule has 1 unspecified atom stereocenters. The van der Waals surface area contributed by atoms with Gasteiger partial charge in [0, 0.05) is 34.8 Å². The van der Waals surface area contributed by atoms with E-state index >= 15 is 0 Å². The maximum absolute atomic E-state index is 6.03. The van der Waals surface area contributed by atoms with Gasteiger partial charge in [-0.1, -0.05) is 6.92 Å². The Morgan fingerprint density at radius 2 is 2.12 bits per heavy atom. The molecule has 84 valence electrons. The van der Waals surface area contributed by atoms with Crippen LogP contribution in [-0.2, 0) is 12.8 Å². The lowest BCUT2D eigenvalue weighted by Crippen LogP contribution is -2.09. The van der Waals surface area contributed by atoms with E-state index in [2.05, 4.69) is 6.92 Å². The van der Waals surface area contributed by atoms with E-state index in [-0.39, 0.29) is 0 Å². The van der Waals surface area contributed by atoms with Crippen LogP contribution in [0.25, 0.3) is 11.0 Å². The minimum atomic E-state index is 0.671. The Balaban J connectivity index is 2.30. The van der Waals surface area contributed by atoms with Crippen molar-refractivity contribution in [1.29, 1.82) is 0 Å². The summed E-state index contributed by atoms with van der Waals surface area (Å²) in [6.45, 7) is 2.27. The summed E-state index contributed by atoms with van der Waals surface area (Å²) >= 11 is 0. The van der Waals surface area contributed by atoms with Crippen LogP contribution >= 0.6 is 0 Å². The monoisotopic (exact) mass is 216 g/mol. The first kappa shape index (κ1) is 9.58. The third-order valence-electron chi connectivity index (χ3n) is 3.44. The highest BCUT2D eigenvalue weighted by atomic mass is 16.3. The SMILES string of the molecule is CC1CCc2oc3cc(N)cc(N)c3c2C1. The molecule has 0 bridgehead atoms. The molecular formula is C13H16N2O. The number of nitrogen functional groups attached to an aromatic ring is 2. The lowest BCUT2D eigenvalue weighted by Gasteiger charge is -2.16. The van der Waals surface area contributed by atoms with Crippen LogP contribution in [-0.4, -0.2) is 0 Å². The maximum atomic E-state index is 6.03. The van der Waals surface area contributed by atoms with Crippen molar-refractivity contribution in [2.75, 3.05) is 11.5 Å². The minimum absolute atomic E-state index is 0.671. The smallest absolute Gasteiger partial charge is 0.138 e. The Labute approximate surface area is 94.4 Å². The first-order valence-electron chi connectivity index (χ1n) is 5.74. The largest absolute Gasteiger partial charge is 0.461 e. The van der Waals surface area contributed by atoms with Gasteiger partial charge in [0.2, 0.25) is 0 Å². The molecule has 1 aliphatic carbocycles. The van der Waals surface area contributed by atoms with E-state index in [1.807, 2.05) is 12.1 Å². The molecule has 1 atom stereocenters. The molecule has 1 aromatic carbocycles. The third-order valence-corrected chi connectivity index (χ3v) is 3.44. The van der Waals surface area contributed by atoms with E-state index in [9.17, 15) is 0 Å². The van der Waals surface area contributed by atoms with Gasteiger partial charge in [-0.3, -0.25) is 0 Å². The van der Waals surface area contributed by atoms with Crippen molar-refractivity contribution in [2.24, 2.45) is 5.92 Å². The molecule has 4 N–H and O–H groups in total. The zero-order valence-electron chi connectivity index (χ0n) is 9.42. The summed E-state index contributed by atoms with van der Waals surface area (Å²) in [6.07, 6.45) is 3.28. The van der Waals surface area contributed by atoms with Crippen molar-refractivity contribution in [3.8, 4) is 0 Å². The highest BCUT2D eigenvalue weighted by molar-refractivity contribution is 5.95. The molecule has 3 heteroatoms. The van der Waals surface area contributed by atoms with Crippen LogP contribution in [0.2, 0.25) is 0 Å². The first-order chi connectivity index (χ1) is 7.65. The van der Waals surface area contributed by atoms with Crippen molar-refractivity contribution in [3.63, 3.8) is 0 Å². The number of rotatable bonds is 0. The first-order valence-corrected chi connectivity index (χ1v) is 5.74. The van der Waals surface area contributed by atoms with Crippen LogP contribution in [0.4, 0.5) is 11.4 Å². The number of hydrogen-bond acceptors (Lipinski definition) is 3. The van der Waals surface area contributed by atoms with Crippen molar-refractivity contribution < 1.29 is 4.42 Å². The fraction of sp³-hybridized carbons (Fsp3) is 0.385. The summed E-state index contributed by atoms with van der Waals surface area (Å²) < 4.78 is 5.84. The van der Waals surface area contributed by atoms with E-state index in [1.165, 1.54) is 12.0 Å². The number of anilines is 2. The normalized spacial score (nSPS) is 19.9. The van der Waals surface area contributed by atoms with Gasteiger partial charge in [0.25, 0.3) is 0 Å². The highest BCUT2D eigenvalue weighted by Crippen LogP contribution is 2.37. The molecule has 1 heterocycles. The summed E-state index contributed by atoms with van der Waals surface area (Å²) in [5.74, 6) is 1.82. The highest BCUT2D eigenvalue weighted by Gasteiger charge is 2.23.